The normalized spacial score (nSPS) is 9.65. The molecule has 0 fully saturated rings. The average Bonchev–Trinajstić information content (AvgIpc) is 2.74. The zero-order valence-electron chi connectivity index (χ0n) is 10.5. The van der Waals surface area contributed by atoms with Crippen LogP contribution in [0.4, 0.5) is 0 Å². The number of rotatable bonds is 1. The molecule has 2 heterocycles. The van der Waals surface area contributed by atoms with Crippen LogP contribution < -0.4 is 14.2 Å². The Bertz CT molecular complexity index is 477. The highest BCUT2D eigenvalue weighted by Crippen LogP contribution is 1.87. The van der Waals surface area contributed by atoms with Crippen LogP contribution in [0.3, 0.4) is 0 Å². The van der Waals surface area contributed by atoms with Gasteiger partial charge < -0.3 is 9.90 Å². The second-order valence-electron chi connectivity index (χ2n) is 3.88. The lowest BCUT2D eigenvalue weighted by atomic mass is 10.6. The molecule has 0 unspecified atom stereocenters. The van der Waals surface area contributed by atoms with E-state index in [0.29, 0.717) is 0 Å². The minimum atomic E-state index is -1.16. The number of aromatic nitrogens is 4. The maximum atomic E-state index is 10.4. The van der Waals surface area contributed by atoms with Gasteiger partial charge in [-0.25, -0.2) is 18.3 Å². The van der Waals surface area contributed by atoms with Crippen LogP contribution in [0.2, 0.25) is 0 Å². The topological polar surface area (TPSA) is 57.8 Å². The standard InChI is InChI=1S/C6H8N2O2.C5H9N2/c1-7-3-4-8(2)5(7)6(9)10;1-6-3-4-7(2)5-6/h3-4H,1-2H3;3-5H,1-2H3/q;+1. The molecule has 2 aromatic rings. The summed E-state index contributed by atoms with van der Waals surface area (Å²) in [5.74, 6) is -0.991. The highest BCUT2D eigenvalue weighted by Gasteiger charge is 2.10. The number of nitrogens with zero attached hydrogens (tertiary/aromatic N) is 4. The predicted molar refractivity (Wildman–Crippen MR) is 57.5 cm³/mol. The van der Waals surface area contributed by atoms with Crippen molar-refractivity contribution in [1.29, 1.82) is 0 Å². The van der Waals surface area contributed by atoms with Crippen LogP contribution >= 0.6 is 0 Å². The van der Waals surface area contributed by atoms with Crippen molar-refractivity contribution in [2.45, 2.75) is 0 Å². The Balaban J connectivity index is 0.000000181. The number of aromatic carboxylic acids is 1. The monoisotopic (exact) mass is 237 g/mol. The first kappa shape index (κ1) is 13.0. The van der Waals surface area contributed by atoms with Gasteiger partial charge in [0.1, 0.15) is 24.8 Å². The van der Waals surface area contributed by atoms with Gasteiger partial charge in [-0.1, -0.05) is 0 Å². The molecule has 0 bridgehead atoms. The molecule has 0 radical (unpaired) electrons. The lowest BCUT2D eigenvalue weighted by Crippen LogP contribution is -2.41. The molecule has 0 N–H and O–H groups in total. The van der Waals surface area contributed by atoms with Gasteiger partial charge in [0.2, 0.25) is 6.33 Å². The number of imidazole rings is 2. The summed E-state index contributed by atoms with van der Waals surface area (Å²) in [4.78, 5) is 10.4. The molecule has 17 heavy (non-hydrogen) atoms. The molecule has 0 atom stereocenters. The number of carbonyl (C=O) groups excluding carboxylic acids is 1. The van der Waals surface area contributed by atoms with Crippen molar-refractivity contribution in [2.75, 3.05) is 0 Å². The molecule has 2 aromatic heterocycles. The fourth-order valence-corrected chi connectivity index (χ4v) is 1.45. The Morgan fingerprint density at radius 2 is 1.88 bits per heavy atom. The van der Waals surface area contributed by atoms with Crippen molar-refractivity contribution in [3.63, 3.8) is 0 Å². The SMILES string of the molecule is Cn1cc[n+](C)c1.Cn1cc[n+](C)c1C(=O)[O-]. The Kier molecular flexibility index (Phi) is 4.03. The van der Waals surface area contributed by atoms with E-state index in [9.17, 15) is 9.90 Å². The van der Waals surface area contributed by atoms with Crippen molar-refractivity contribution in [3.05, 3.63) is 36.9 Å². The van der Waals surface area contributed by atoms with Crippen LogP contribution in [0.1, 0.15) is 10.6 Å². The van der Waals surface area contributed by atoms with Gasteiger partial charge in [-0.3, -0.25) is 0 Å². The molecule has 0 saturated carbocycles. The predicted octanol–water partition coefficient (Wildman–Crippen LogP) is -1.94. The quantitative estimate of drug-likeness (QED) is 0.542. The second kappa shape index (κ2) is 5.29. The molecule has 0 amide bonds. The summed E-state index contributed by atoms with van der Waals surface area (Å²) in [5, 5.41) is 10.4. The maximum absolute atomic E-state index is 10.4. The largest absolute Gasteiger partial charge is 0.538 e. The molecule has 0 aromatic carbocycles. The maximum Gasteiger partial charge on any atom is 0.304 e. The molecule has 2 rings (SSSR count). The smallest absolute Gasteiger partial charge is 0.304 e. The number of aryl methyl sites for hydroxylation is 4. The zero-order valence-corrected chi connectivity index (χ0v) is 10.5. The molecule has 92 valence electrons. The van der Waals surface area contributed by atoms with E-state index in [0.717, 1.165) is 0 Å². The van der Waals surface area contributed by atoms with E-state index < -0.39 is 5.97 Å². The molecule has 6 nitrogen and oxygen atoms in total. The Morgan fingerprint density at radius 3 is 2.06 bits per heavy atom. The van der Waals surface area contributed by atoms with Crippen molar-refractivity contribution < 1.29 is 19.0 Å². The minimum Gasteiger partial charge on any atom is -0.538 e. The first-order chi connectivity index (χ1) is 7.91. The van der Waals surface area contributed by atoms with Crippen molar-refractivity contribution in [1.82, 2.24) is 9.13 Å². The number of carboxylic acids is 1. The summed E-state index contributed by atoms with van der Waals surface area (Å²) < 4.78 is 6.99. The molecule has 0 aliphatic heterocycles. The molecule has 0 spiro atoms. The zero-order chi connectivity index (χ0) is 13.0. The van der Waals surface area contributed by atoms with Gasteiger partial charge in [0.15, 0.2) is 5.97 Å². The van der Waals surface area contributed by atoms with E-state index >= 15 is 0 Å². The summed E-state index contributed by atoms with van der Waals surface area (Å²) >= 11 is 0. The fraction of sp³-hybridized carbons (Fsp3) is 0.364. The van der Waals surface area contributed by atoms with Crippen molar-refractivity contribution in [3.8, 4) is 0 Å². The van der Waals surface area contributed by atoms with E-state index in [1.54, 1.807) is 26.5 Å². The molecular weight excluding hydrogens is 220 g/mol. The van der Waals surface area contributed by atoms with E-state index in [-0.39, 0.29) is 5.82 Å². The van der Waals surface area contributed by atoms with E-state index in [2.05, 4.69) is 0 Å². The van der Waals surface area contributed by atoms with Crippen LogP contribution in [0, 0.1) is 0 Å². The third kappa shape index (κ3) is 3.44. The summed E-state index contributed by atoms with van der Waals surface area (Å²) in [6.45, 7) is 0. The van der Waals surface area contributed by atoms with Crippen LogP contribution in [0.15, 0.2) is 31.1 Å². The molecule has 6 heteroatoms. The number of carbonyl (C=O) groups is 1. The van der Waals surface area contributed by atoms with Gasteiger partial charge in [-0.05, 0) is 0 Å². The number of hydrogen-bond donors (Lipinski definition) is 0. The van der Waals surface area contributed by atoms with Crippen LogP contribution in [0.25, 0.3) is 0 Å². The van der Waals surface area contributed by atoms with E-state index in [1.165, 1.54) is 9.13 Å². The molecule has 0 aliphatic carbocycles. The Labute approximate surface area is 100.0 Å². The summed E-state index contributed by atoms with van der Waals surface area (Å²) in [6.07, 6.45) is 9.32. The van der Waals surface area contributed by atoms with Crippen LogP contribution in [-0.4, -0.2) is 15.1 Å². The highest BCUT2D eigenvalue weighted by atomic mass is 16.4. The minimum absolute atomic E-state index is 0.167. The molecule has 0 saturated heterocycles. The third-order valence-electron chi connectivity index (χ3n) is 2.27. The number of hydrogen-bond acceptors (Lipinski definition) is 2. The lowest BCUT2D eigenvalue weighted by molar-refractivity contribution is -0.675. The summed E-state index contributed by atoms with van der Waals surface area (Å²) in [7, 11) is 7.32. The first-order valence-corrected chi connectivity index (χ1v) is 5.11. The van der Waals surface area contributed by atoms with Crippen LogP contribution in [-0.2, 0) is 28.2 Å². The molecular formula is C11H17N4O2+. The van der Waals surface area contributed by atoms with Crippen molar-refractivity contribution in [2.24, 2.45) is 28.2 Å². The Morgan fingerprint density at radius 1 is 1.24 bits per heavy atom. The Hall–Kier alpha value is -2.11. The van der Waals surface area contributed by atoms with Crippen molar-refractivity contribution >= 4 is 5.97 Å². The average molecular weight is 237 g/mol. The third-order valence-corrected chi connectivity index (χ3v) is 2.27. The summed E-state index contributed by atoms with van der Waals surface area (Å²) in [5.41, 5.74) is 0. The highest BCUT2D eigenvalue weighted by molar-refractivity contribution is 5.79. The fourth-order valence-electron chi connectivity index (χ4n) is 1.45. The lowest BCUT2D eigenvalue weighted by Gasteiger charge is -1.96. The number of carboxylic acid groups (broad SMARTS) is 1. The van der Waals surface area contributed by atoms with Gasteiger partial charge in [0.25, 0.3) is 0 Å². The van der Waals surface area contributed by atoms with Gasteiger partial charge in [-0.2, -0.15) is 0 Å². The van der Waals surface area contributed by atoms with E-state index in [1.807, 2.05) is 42.0 Å². The van der Waals surface area contributed by atoms with Gasteiger partial charge >= 0.3 is 5.82 Å². The van der Waals surface area contributed by atoms with Gasteiger partial charge in [-0.15, -0.1) is 0 Å². The first-order valence-electron chi connectivity index (χ1n) is 5.11. The van der Waals surface area contributed by atoms with E-state index in [4.69, 9.17) is 0 Å². The summed E-state index contributed by atoms with van der Waals surface area (Å²) in [6, 6.07) is 0. The molecule has 0 aliphatic rings. The van der Waals surface area contributed by atoms with Gasteiger partial charge in [0, 0.05) is 0 Å². The second-order valence-corrected chi connectivity index (χ2v) is 3.88. The van der Waals surface area contributed by atoms with Crippen LogP contribution in [0.5, 0.6) is 0 Å². The van der Waals surface area contributed by atoms with Gasteiger partial charge in [0.05, 0.1) is 28.2 Å².